The third-order valence-corrected chi connectivity index (χ3v) is 6.79. The lowest BCUT2D eigenvalue weighted by Gasteiger charge is -2.24. The van der Waals surface area contributed by atoms with Crippen molar-refractivity contribution in [2.24, 2.45) is 0 Å². The molecule has 0 bridgehead atoms. The molecule has 1 aliphatic heterocycles. The van der Waals surface area contributed by atoms with Gasteiger partial charge in [-0.25, -0.2) is 8.42 Å². The van der Waals surface area contributed by atoms with Crippen LogP contribution in [0.2, 0.25) is 0 Å². The van der Waals surface area contributed by atoms with Gasteiger partial charge in [0.15, 0.2) is 9.84 Å². The summed E-state index contributed by atoms with van der Waals surface area (Å²) in [6.45, 7) is 3.51. The average Bonchev–Trinajstić information content (AvgIpc) is 2.97. The molecule has 3 rings (SSSR count). The number of nitrogens with zero attached hydrogens (tertiary/aromatic N) is 1. The number of sulfone groups is 1. The van der Waals surface area contributed by atoms with E-state index in [1.807, 2.05) is 19.1 Å². The van der Waals surface area contributed by atoms with Crippen molar-refractivity contribution in [3.05, 3.63) is 47.5 Å². The first-order valence-electron chi connectivity index (χ1n) is 8.89. The molecule has 2 aromatic rings. The van der Waals surface area contributed by atoms with Crippen molar-refractivity contribution in [3.63, 3.8) is 0 Å². The number of carbonyl (C=O) groups excluding carboxylic acids is 1. The molecule has 27 heavy (non-hydrogen) atoms. The summed E-state index contributed by atoms with van der Waals surface area (Å²) in [6, 6.07) is 10.0. The van der Waals surface area contributed by atoms with Crippen molar-refractivity contribution >= 4 is 21.4 Å². The Morgan fingerprint density at radius 3 is 2.44 bits per heavy atom. The molecular weight excluding hydrogens is 364 g/mol. The Bertz CT molecular complexity index is 968. The molecule has 0 saturated carbocycles. The second-order valence-corrected chi connectivity index (χ2v) is 9.06. The van der Waals surface area contributed by atoms with Gasteiger partial charge in [-0.3, -0.25) is 4.79 Å². The normalized spacial score (nSPS) is 17.4. The van der Waals surface area contributed by atoms with Crippen molar-refractivity contribution in [2.75, 3.05) is 18.5 Å². The lowest BCUT2D eigenvalue weighted by Crippen LogP contribution is -2.23. The fourth-order valence-corrected chi connectivity index (χ4v) is 4.13. The molecule has 1 aliphatic rings. The molecule has 1 atom stereocenters. The zero-order valence-corrected chi connectivity index (χ0v) is 16.5. The van der Waals surface area contributed by atoms with E-state index in [2.05, 4.69) is 0 Å². The molecule has 0 radical (unpaired) electrons. The van der Waals surface area contributed by atoms with E-state index < -0.39 is 9.84 Å². The second-order valence-electron chi connectivity index (χ2n) is 6.78. The van der Waals surface area contributed by atoms with Gasteiger partial charge in [0.1, 0.15) is 11.5 Å². The van der Waals surface area contributed by atoms with E-state index in [4.69, 9.17) is 10.5 Å². The van der Waals surface area contributed by atoms with Gasteiger partial charge in [-0.05, 0) is 55.3 Å². The zero-order chi connectivity index (χ0) is 19.8. The number of rotatable bonds is 5. The highest BCUT2D eigenvalue weighted by atomic mass is 32.2. The van der Waals surface area contributed by atoms with E-state index >= 15 is 0 Å². The highest BCUT2D eigenvalue weighted by molar-refractivity contribution is 7.91. The molecule has 1 heterocycles. The fraction of sp³-hybridized carbons (Fsp3) is 0.350. The number of benzene rings is 2. The molecular formula is C20H24N2O4S. The number of likely N-dealkylation sites (tertiary alicyclic amines) is 1. The Morgan fingerprint density at radius 2 is 1.89 bits per heavy atom. The number of amides is 1. The van der Waals surface area contributed by atoms with Crippen LogP contribution in [-0.4, -0.2) is 32.0 Å². The SMILES string of the molecule is CCS(=O)(=O)c1ccc(Oc2cc(C)c(N)cc2C2CCC(=O)N2C)cc1. The number of hydrogen-bond acceptors (Lipinski definition) is 5. The first-order chi connectivity index (χ1) is 12.7. The second kappa shape index (κ2) is 7.23. The third kappa shape index (κ3) is 3.78. The van der Waals surface area contributed by atoms with Gasteiger partial charge < -0.3 is 15.4 Å². The molecule has 0 aromatic heterocycles. The van der Waals surface area contributed by atoms with Crippen LogP contribution in [-0.2, 0) is 14.6 Å². The molecule has 144 valence electrons. The molecule has 2 N–H and O–H groups in total. The molecule has 6 nitrogen and oxygen atoms in total. The minimum atomic E-state index is -3.25. The van der Waals surface area contributed by atoms with Crippen LogP contribution in [0.15, 0.2) is 41.3 Å². The van der Waals surface area contributed by atoms with E-state index in [0.29, 0.717) is 30.0 Å². The van der Waals surface area contributed by atoms with Gasteiger partial charge in [-0.1, -0.05) is 6.92 Å². The van der Waals surface area contributed by atoms with Crippen molar-refractivity contribution in [1.82, 2.24) is 4.90 Å². The molecule has 7 heteroatoms. The maximum atomic E-state index is 12.0. The van der Waals surface area contributed by atoms with Crippen molar-refractivity contribution in [2.45, 2.75) is 37.6 Å². The van der Waals surface area contributed by atoms with Gasteiger partial charge >= 0.3 is 0 Å². The molecule has 2 aromatic carbocycles. The van der Waals surface area contributed by atoms with E-state index in [0.717, 1.165) is 11.1 Å². The molecule has 1 fully saturated rings. The number of nitrogen functional groups attached to an aromatic ring is 1. The molecule has 1 saturated heterocycles. The topological polar surface area (TPSA) is 89.7 Å². The van der Waals surface area contributed by atoms with Gasteiger partial charge in [0.05, 0.1) is 16.7 Å². The van der Waals surface area contributed by atoms with Crippen LogP contribution >= 0.6 is 0 Å². The number of nitrogens with two attached hydrogens (primary N) is 1. The predicted octanol–water partition coefficient (Wildman–Crippen LogP) is 3.46. The average molecular weight is 388 g/mol. The van der Waals surface area contributed by atoms with Crippen LogP contribution in [0.4, 0.5) is 5.69 Å². The van der Waals surface area contributed by atoms with Gasteiger partial charge in [0.25, 0.3) is 0 Å². The Hall–Kier alpha value is -2.54. The number of hydrogen-bond donors (Lipinski definition) is 1. The smallest absolute Gasteiger partial charge is 0.222 e. The van der Waals surface area contributed by atoms with Crippen LogP contribution in [0.1, 0.15) is 36.9 Å². The van der Waals surface area contributed by atoms with Crippen molar-refractivity contribution in [3.8, 4) is 11.5 Å². The molecule has 0 spiro atoms. The van der Waals surface area contributed by atoms with Crippen LogP contribution in [0.25, 0.3) is 0 Å². The van der Waals surface area contributed by atoms with E-state index in [1.54, 1.807) is 43.1 Å². The van der Waals surface area contributed by atoms with E-state index in [1.165, 1.54) is 0 Å². The molecule has 1 amide bonds. The van der Waals surface area contributed by atoms with E-state index in [9.17, 15) is 13.2 Å². The Morgan fingerprint density at radius 1 is 1.22 bits per heavy atom. The van der Waals surface area contributed by atoms with E-state index in [-0.39, 0.29) is 22.6 Å². The zero-order valence-electron chi connectivity index (χ0n) is 15.7. The number of carbonyl (C=O) groups is 1. The van der Waals surface area contributed by atoms with Gasteiger partial charge in [-0.15, -0.1) is 0 Å². The largest absolute Gasteiger partial charge is 0.457 e. The fourth-order valence-electron chi connectivity index (χ4n) is 3.24. The van der Waals surface area contributed by atoms with Crippen LogP contribution in [0.5, 0.6) is 11.5 Å². The lowest BCUT2D eigenvalue weighted by molar-refractivity contribution is -0.127. The molecule has 1 unspecified atom stereocenters. The summed E-state index contributed by atoms with van der Waals surface area (Å²) in [5, 5.41) is 0. The standard InChI is InChI=1S/C20H24N2O4S/c1-4-27(24,25)15-7-5-14(6-8-15)26-19-11-13(2)17(21)12-16(19)18-9-10-20(23)22(18)3/h5-8,11-12,18H,4,9-10,21H2,1-3H3. The van der Waals surface area contributed by atoms with Gasteiger partial charge in [-0.2, -0.15) is 0 Å². The maximum absolute atomic E-state index is 12.0. The van der Waals surface area contributed by atoms with Crippen LogP contribution in [0.3, 0.4) is 0 Å². The van der Waals surface area contributed by atoms with Gasteiger partial charge in [0, 0.05) is 24.7 Å². The highest BCUT2D eigenvalue weighted by Crippen LogP contribution is 2.40. The predicted molar refractivity (Wildman–Crippen MR) is 105 cm³/mol. The summed E-state index contributed by atoms with van der Waals surface area (Å²) in [7, 11) is -1.47. The number of ether oxygens (including phenoxy) is 1. The minimum absolute atomic E-state index is 0.0521. The summed E-state index contributed by atoms with van der Waals surface area (Å²) < 4.78 is 30.0. The Balaban J connectivity index is 1.95. The summed E-state index contributed by atoms with van der Waals surface area (Å²) in [4.78, 5) is 13.9. The molecule has 0 aliphatic carbocycles. The monoisotopic (exact) mass is 388 g/mol. The Kier molecular flexibility index (Phi) is 5.15. The summed E-state index contributed by atoms with van der Waals surface area (Å²) >= 11 is 0. The number of anilines is 1. The lowest BCUT2D eigenvalue weighted by atomic mass is 10.0. The first-order valence-corrected chi connectivity index (χ1v) is 10.5. The van der Waals surface area contributed by atoms with Crippen molar-refractivity contribution < 1.29 is 17.9 Å². The van der Waals surface area contributed by atoms with Crippen LogP contribution in [0, 0.1) is 6.92 Å². The summed E-state index contributed by atoms with van der Waals surface area (Å²) in [5.41, 5.74) is 8.47. The van der Waals surface area contributed by atoms with Crippen molar-refractivity contribution in [1.29, 1.82) is 0 Å². The number of aryl methyl sites for hydroxylation is 1. The van der Waals surface area contributed by atoms with Crippen LogP contribution < -0.4 is 10.5 Å². The highest BCUT2D eigenvalue weighted by Gasteiger charge is 2.31. The Labute approximate surface area is 159 Å². The third-order valence-electron chi connectivity index (χ3n) is 5.04. The summed E-state index contributed by atoms with van der Waals surface area (Å²) in [6.07, 6.45) is 1.21. The first kappa shape index (κ1) is 19.2. The van der Waals surface area contributed by atoms with Gasteiger partial charge in [0.2, 0.25) is 5.91 Å². The minimum Gasteiger partial charge on any atom is -0.457 e. The summed E-state index contributed by atoms with van der Waals surface area (Å²) in [5.74, 6) is 1.30. The maximum Gasteiger partial charge on any atom is 0.222 e. The quantitative estimate of drug-likeness (QED) is 0.792.